The van der Waals surface area contributed by atoms with Crippen molar-refractivity contribution in [3.8, 4) is 11.1 Å². The predicted octanol–water partition coefficient (Wildman–Crippen LogP) is 5.81. The summed E-state index contributed by atoms with van der Waals surface area (Å²) < 4.78 is 0. The van der Waals surface area contributed by atoms with Crippen LogP contribution in [0.4, 0.5) is 0 Å². The highest BCUT2D eigenvalue weighted by Crippen LogP contribution is 2.27. The maximum Gasteiger partial charge on any atom is 0.0412 e. The fraction of sp³-hybridized carbons (Fsp3) is 0. The van der Waals surface area contributed by atoms with Crippen LogP contribution in [0.25, 0.3) is 21.9 Å². The summed E-state index contributed by atoms with van der Waals surface area (Å²) in [5.74, 6) is 0. The molecule has 2 heteroatoms. The van der Waals surface area contributed by atoms with Crippen molar-refractivity contribution in [3.63, 3.8) is 0 Å². The molecule has 0 aromatic heterocycles. The van der Waals surface area contributed by atoms with E-state index in [4.69, 9.17) is 23.2 Å². The Labute approximate surface area is 116 Å². The van der Waals surface area contributed by atoms with Crippen molar-refractivity contribution in [2.75, 3.05) is 0 Å². The first-order chi connectivity index (χ1) is 8.72. The molecule has 88 valence electrons. The molecule has 0 amide bonds. The molecule has 3 rings (SSSR count). The molecular weight excluding hydrogens is 263 g/mol. The Bertz CT molecular complexity index is 717. The van der Waals surface area contributed by atoms with Crippen LogP contribution in [-0.4, -0.2) is 0 Å². The van der Waals surface area contributed by atoms with E-state index in [1.165, 1.54) is 5.39 Å². The van der Waals surface area contributed by atoms with Crippen LogP contribution >= 0.6 is 23.2 Å². The van der Waals surface area contributed by atoms with Crippen LogP contribution in [0.5, 0.6) is 0 Å². The van der Waals surface area contributed by atoms with E-state index in [2.05, 4.69) is 24.3 Å². The van der Waals surface area contributed by atoms with Crippen molar-refractivity contribution in [3.05, 3.63) is 70.7 Å². The minimum absolute atomic E-state index is 0.753. The number of rotatable bonds is 1. The fourth-order valence-corrected chi connectivity index (χ4v) is 2.44. The molecule has 0 aliphatic carbocycles. The Morgan fingerprint density at radius 2 is 1.22 bits per heavy atom. The minimum atomic E-state index is 0.753. The number of hydrogen-bond acceptors (Lipinski definition) is 0. The summed E-state index contributed by atoms with van der Waals surface area (Å²) in [7, 11) is 0. The minimum Gasteiger partial charge on any atom is -0.0843 e. The van der Waals surface area contributed by atoms with Crippen LogP contribution in [0, 0.1) is 0 Å². The fourth-order valence-electron chi connectivity index (χ4n) is 2.06. The van der Waals surface area contributed by atoms with Gasteiger partial charge in [-0.05, 0) is 52.2 Å². The molecular formula is C16H10Cl2. The molecule has 0 saturated carbocycles. The van der Waals surface area contributed by atoms with Crippen molar-refractivity contribution in [1.82, 2.24) is 0 Å². The summed E-state index contributed by atoms with van der Waals surface area (Å²) in [5.41, 5.74) is 2.28. The number of benzene rings is 3. The third-order valence-electron chi connectivity index (χ3n) is 2.96. The standard InChI is InChI=1S/C16H10Cl2/c17-15-3-1-2-11(9-15)12-4-5-14-10-16(18)7-6-13(14)8-12/h1-10H. The molecule has 3 aromatic rings. The maximum atomic E-state index is 6.02. The zero-order valence-electron chi connectivity index (χ0n) is 9.53. The molecule has 0 fully saturated rings. The van der Waals surface area contributed by atoms with Gasteiger partial charge in [-0.1, -0.05) is 53.5 Å². The molecule has 0 unspecified atom stereocenters. The molecule has 0 nitrogen and oxygen atoms in total. The third kappa shape index (κ3) is 2.22. The molecule has 0 spiro atoms. The SMILES string of the molecule is Clc1cccc(-c2ccc3cc(Cl)ccc3c2)c1. The molecule has 0 aliphatic rings. The Kier molecular flexibility index (Phi) is 2.99. The first-order valence-electron chi connectivity index (χ1n) is 5.68. The molecule has 0 saturated heterocycles. The monoisotopic (exact) mass is 272 g/mol. The molecule has 0 bridgehead atoms. The van der Waals surface area contributed by atoms with Crippen molar-refractivity contribution in [1.29, 1.82) is 0 Å². The quantitative estimate of drug-likeness (QED) is 0.524. The smallest absolute Gasteiger partial charge is 0.0412 e. The van der Waals surface area contributed by atoms with E-state index >= 15 is 0 Å². The second kappa shape index (κ2) is 4.64. The maximum absolute atomic E-state index is 6.02. The lowest BCUT2D eigenvalue weighted by molar-refractivity contribution is 1.64. The second-order valence-corrected chi connectivity index (χ2v) is 5.09. The average Bonchev–Trinajstić information content (AvgIpc) is 2.38. The normalized spacial score (nSPS) is 10.8. The van der Waals surface area contributed by atoms with E-state index in [0.29, 0.717) is 0 Å². The van der Waals surface area contributed by atoms with Crippen LogP contribution in [0.1, 0.15) is 0 Å². The average molecular weight is 273 g/mol. The number of hydrogen-bond donors (Lipinski definition) is 0. The van der Waals surface area contributed by atoms with Gasteiger partial charge in [0.1, 0.15) is 0 Å². The lowest BCUT2D eigenvalue weighted by Crippen LogP contribution is -1.79. The van der Waals surface area contributed by atoms with E-state index in [1.807, 2.05) is 36.4 Å². The van der Waals surface area contributed by atoms with Crippen molar-refractivity contribution >= 4 is 34.0 Å². The van der Waals surface area contributed by atoms with E-state index in [0.717, 1.165) is 26.6 Å². The molecule has 0 aliphatic heterocycles. The molecule has 18 heavy (non-hydrogen) atoms. The number of fused-ring (bicyclic) bond motifs is 1. The van der Waals surface area contributed by atoms with Gasteiger partial charge >= 0.3 is 0 Å². The van der Waals surface area contributed by atoms with E-state index in [-0.39, 0.29) is 0 Å². The first kappa shape index (κ1) is 11.6. The Balaban J connectivity index is 2.16. The van der Waals surface area contributed by atoms with Crippen LogP contribution in [-0.2, 0) is 0 Å². The third-order valence-corrected chi connectivity index (χ3v) is 3.43. The molecule has 0 atom stereocenters. The molecule has 3 aromatic carbocycles. The van der Waals surface area contributed by atoms with Gasteiger partial charge < -0.3 is 0 Å². The summed E-state index contributed by atoms with van der Waals surface area (Å²) >= 11 is 12.0. The van der Waals surface area contributed by atoms with Gasteiger partial charge in [0, 0.05) is 10.0 Å². The highest BCUT2D eigenvalue weighted by molar-refractivity contribution is 6.31. The van der Waals surface area contributed by atoms with Crippen LogP contribution in [0.3, 0.4) is 0 Å². The second-order valence-electron chi connectivity index (χ2n) is 4.22. The summed E-state index contributed by atoms with van der Waals surface area (Å²) in [6.07, 6.45) is 0. The highest BCUT2D eigenvalue weighted by Gasteiger charge is 2.01. The van der Waals surface area contributed by atoms with Gasteiger partial charge in [0.05, 0.1) is 0 Å². The van der Waals surface area contributed by atoms with Gasteiger partial charge in [-0.2, -0.15) is 0 Å². The highest BCUT2D eigenvalue weighted by atomic mass is 35.5. The van der Waals surface area contributed by atoms with Crippen molar-refractivity contribution < 1.29 is 0 Å². The Hall–Kier alpha value is -1.50. The Morgan fingerprint density at radius 1 is 0.556 bits per heavy atom. The number of halogens is 2. The van der Waals surface area contributed by atoms with Crippen LogP contribution in [0.2, 0.25) is 10.0 Å². The van der Waals surface area contributed by atoms with Gasteiger partial charge in [-0.15, -0.1) is 0 Å². The van der Waals surface area contributed by atoms with Gasteiger partial charge in [0.2, 0.25) is 0 Å². The predicted molar refractivity (Wildman–Crippen MR) is 79.4 cm³/mol. The molecule has 0 radical (unpaired) electrons. The molecule has 0 heterocycles. The summed E-state index contributed by atoms with van der Waals surface area (Å²) in [6, 6.07) is 20.1. The van der Waals surface area contributed by atoms with Gasteiger partial charge in [-0.3, -0.25) is 0 Å². The Morgan fingerprint density at radius 3 is 2.06 bits per heavy atom. The largest absolute Gasteiger partial charge is 0.0843 e. The van der Waals surface area contributed by atoms with Crippen LogP contribution < -0.4 is 0 Å². The van der Waals surface area contributed by atoms with E-state index in [1.54, 1.807) is 0 Å². The molecule has 0 N–H and O–H groups in total. The first-order valence-corrected chi connectivity index (χ1v) is 6.43. The topological polar surface area (TPSA) is 0 Å². The van der Waals surface area contributed by atoms with Gasteiger partial charge in [0.25, 0.3) is 0 Å². The van der Waals surface area contributed by atoms with Gasteiger partial charge in [0.15, 0.2) is 0 Å². The van der Waals surface area contributed by atoms with E-state index < -0.39 is 0 Å². The summed E-state index contributed by atoms with van der Waals surface area (Å²) in [4.78, 5) is 0. The van der Waals surface area contributed by atoms with E-state index in [9.17, 15) is 0 Å². The van der Waals surface area contributed by atoms with Crippen molar-refractivity contribution in [2.45, 2.75) is 0 Å². The zero-order valence-corrected chi connectivity index (χ0v) is 11.0. The zero-order chi connectivity index (χ0) is 12.5. The van der Waals surface area contributed by atoms with Crippen molar-refractivity contribution in [2.24, 2.45) is 0 Å². The lowest BCUT2D eigenvalue weighted by atomic mass is 10.0. The van der Waals surface area contributed by atoms with Gasteiger partial charge in [-0.25, -0.2) is 0 Å². The summed E-state index contributed by atoms with van der Waals surface area (Å²) in [6.45, 7) is 0. The lowest BCUT2D eigenvalue weighted by Gasteiger charge is -2.05. The van der Waals surface area contributed by atoms with Crippen LogP contribution in [0.15, 0.2) is 60.7 Å². The summed E-state index contributed by atoms with van der Waals surface area (Å²) in [5, 5.41) is 3.84.